The van der Waals surface area contributed by atoms with Crippen molar-refractivity contribution in [3.05, 3.63) is 29.8 Å². The Bertz CT molecular complexity index is 530. The second-order valence-electron chi connectivity index (χ2n) is 4.54. The molecule has 0 unspecified atom stereocenters. The highest BCUT2D eigenvalue weighted by molar-refractivity contribution is 5.85. The van der Waals surface area contributed by atoms with Crippen LogP contribution >= 0.6 is 0 Å². The minimum Gasteiger partial charge on any atom is -0.484 e. The first kappa shape index (κ1) is 13.9. The molecular formula is C14H15N3O3. The number of carbonyl (C=O) groups excluding carboxylic acids is 2. The van der Waals surface area contributed by atoms with Gasteiger partial charge in [-0.15, -0.1) is 0 Å². The molecule has 104 valence electrons. The fourth-order valence-corrected chi connectivity index (χ4v) is 1.51. The van der Waals surface area contributed by atoms with Crippen LogP contribution in [-0.2, 0) is 9.59 Å². The summed E-state index contributed by atoms with van der Waals surface area (Å²) in [6.07, 6.45) is 2.03. The highest BCUT2D eigenvalue weighted by Crippen LogP contribution is 2.18. The van der Waals surface area contributed by atoms with Gasteiger partial charge in [-0.25, -0.2) is 0 Å². The Labute approximate surface area is 116 Å². The Balaban J connectivity index is 1.66. The molecule has 2 rings (SSSR count). The van der Waals surface area contributed by atoms with E-state index >= 15 is 0 Å². The Morgan fingerprint density at radius 1 is 1.25 bits per heavy atom. The maximum Gasteiger partial charge on any atom is 0.258 e. The van der Waals surface area contributed by atoms with Gasteiger partial charge in [0.05, 0.1) is 18.2 Å². The standard InChI is InChI=1S/C14H15N3O3/c15-7-10-1-5-12(6-2-10)20-9-14(19)16-8-13(18)17-11-3-4-11/h1-2,5-6,11H,3-4,8-9H2,(H,16,19)(H,17,18). The topological polar surface area (TPSA) is 91.2 Å². The molecule has 0 spiro atoms. The smallest absolute Gasteiger partial charge is 0.258 e. The molecule has 1 saturated carbocycles. The number of rotatable bonds is 6. The van der Waals surface area contributed by atoms with Crippen LogP contribution in [0.4, 0.5) is 0 Å². The lowest BCUT2D eigenvalue weighted by Crippen LogP contribution is -2.39. The van der Waals surface area contributed by atoms with E-state index in [0.717, 1.165) is 12.8 Å². The number of hydrogen-bond donors (Lipinski definition) is 2. The monoisotopic (exact) mass is 273 g/mol. The molecule has 0 aromatic heterocycles. The minimum atomic E-state index is -0.361. The van der Waals surface area contributed by atoms with Crippen LogP contribution in [0.3, 0.4) is 0 Å². The fraction of sp³-hybridized carbons (Fsp3) is 0.357. The Morgan fingerprint density at radius 2 is 1.95 bits per heavy atom. The van der Waals surface area contributed by atoms with Crippen molar-refractivity contribution in [2.24, 2.45) is 0 Å². The molecule has 1 aromatic rings. The van der Waals surface area contributed by atoms with Crippen LogP contribution < -0.4 is 15.4 Å². The molecule has 2 N–H and O–H groups in total. The Hall–Kier alpha value is -2.55. The summed E-state index contributed by atoms with van der Waals surface area (Å²) in [4.78, 5) is 22.8. The molecule has 20 heavy (non-hydrogen) atoms. The molecule has 2 amide bonds. The molecule has 1 fully saturated rings. The number of nitriles is 1. The number of carbonyl (C=O) groups is 2. The quantitative estimate of drug-likeness (QED) is 0.781. The van der Waals surface area contributed by atoms with Crippen LogP contribution in [0, 0.1) is 11.3 Å². The highest BCUT2D eigenvalue weighted by atomic mass is 16.5. The van der Waals surface area contributed by atoms with Gasteiger partial charge in [-0.3, -0.25) is 9.59 Å². The molecule has 1 aliphatic rings. The summed E-state index contributed by atoms with van der Waals surface area (Å²) in [6, 6.07) is 8.73. The van der Waals surface area contributed by atoms with Gasteiger partial charge < -0.3 is 15.4 Å². The lowest BCUT2D eigenvalue weighted by molar-refractivity contribution is -0.127. The van der Waals surface area contributed by atoms with Crippen molar-refractivity contribution in [2.75, 3.05) is 13.2 Å². The predicted octanol–water partition coefficient (Wildman–Crippen LogP) is 0.332. The molecule has 0 bridgehead atoms. The van der Waals surface area contributed by atoms with Gasteiger partial charge in [0.1, 0.15) is 5.75 Å². The van der Waals surface area contributed by atoms with Crippen LogP contribution in [0.2, 0.25) is 0 Å². The summed E-state index contributed by atoms with van der Waals surface area (Å²) in [5.41, 5.74) is 0.526. The van der Waals surface area contributed by atoms with E-state index in [9.17, 15) is 9.59 Å². The first-order chi connectivity index (χ1) is 9.67. The van der Waals surface area contributed by atoms with Crippen LogP contribution in [0.5, 0.6) is 5.75 Å². The summed E-state index contributed by atoms with van der Waals surface area (Å²) in [6.45, 7) is -0.200. The first-order valence-corrected chi connectivity index (χ1v) is 6.36. The van der Waals surface area contributed by atoms with Gasteiger partial charge in [0.2, 0.25) is 5.91 Å². The number of nitrogens with zero attached hydrogens (tertiary/aromatic N) is 1. The van der Waals surface area contributed by atoms with Gasteiger partial charge in [-0.05, 0) is 37.1 Å². The third kappa shape index (κ3) is 4.61. The molecule has 0 saturated heterocycles. The minimum absolute atomic E-state index is 0.0357. The first-order valence-electron chi connectivity index (χ1n) is 6.36. The maximum absolute atomic E-state index is 11.5. The third-order valence-electron chi connectivity index (χ3n) is 2.74. The number of nitrogens with one attached hydrogen (secondary N) is 2. The van der Waals surface area contributed by atoms with Crippen LogP contribution in [0.15, 0.2) is 24.3 Å². The van der Waals surface area contributed by atoms with E-state index < -0.39 is 0 Å². The third-order valence-corrected chi connectivity index (χ3v) is 2.74. The normalized spacial score (nSPS) is 13.2. The largest absolute Gasteiger partial charge is 0.484 e. The van der Waals surface area contributed by atoms with Gasteiger partial charge in [0.25, 0.3) is 5.91 Å². The summed E-state index contributed by atoms with van der Waals surface area (Å²) < 4.78 is 5.24. The maximum atomic E-state index is 11.5. The summed E-state index contributed by atoms with van der Waals surface area (Å²) in [7, 11) is 0. The summed E-state index contributed by atoms with van der Waals surface area (Å²) >= 11 is 0. The lowest BCUT2D eigenvalue weighted by Gasteiger charge is -2.07. The SMILES string of the molecule is N#Cc1ccc(OCC(=O)NCC(=O)NC2CC2)cc1. The molecule has 6 nitrogen and oxygen atoms in total. The van der Waals surface area contributed by atoms with Crippen LogP contribution in [0.25, 0.3) is 0 Å². The number of hydrogen-bond acceptors (Lipinski definition) is 4. The molecule has 0 radical (unpaired) electrons. The predicted molar refractivity (Wildman–Crippen MR) is 70.8 cm³/mol. The molecule has 1 aromatic carbocycles. The zero-order valence-corrected chi connectivity index (χ0v) is 10.9. The number of benzene rings is 1. The van der Waals surface area contributed by atoms with Crippen molar-refractivity contribution >= 4 is 11.8 Å². The summed E-state index contributed by atoms with van der Waals surface area (Å²) in [5, 5.41) is 13.9. The zero-order valence-electron chi connectivity index (χ0n) is 10.9. The Morgan fingerprint density at radius 3 is 2.55 bits per heavy atom. The molecule has 0 heterocycles. The number of ether oxygens (including phenoxy) is 1. The molecule has 6 heteroatoms. The van der Waals surface area contributed by atoms with E-state index in [1.807, 2.05) is 6.07 Å². The molecule has 0 aliphatic heterocycles. The van der Waals surface area contributed by atoms with E-state index in [4.69, 9.17) is 10.00 Å². The zero-order chi connectivity index (χ0) is 14.4. The average Bonchev–Trinajstić information content (AvgIpc) is 3.27. The van der Waals surface area contributed by atoms with Crippen LogP contribution in [0.1, 0.15) is 18.4 Å². The van der Waals surface area contributed by atoms with Crippen LogP contribution in [-0.4, -0.2) is 31.0 Å². The van der Waals surface area contributed by atoms with E-state index in [1.54, 1.807) is 24.3 Å². The highest BCUT2D eigenvalue weighted by Gasteiger charge is 2.23. The van der Waals surface area contributed by atoms with E-state index in [-0.39, 0.29) is 31.0 Å². The van der Waals surface area contributed by atoms with E-state index in [1.165, 1.54) is 0 Å². The fourth-order valence-electron chi connectivity index (χ4n) is 1.51. The van der Waals surface area contributed by atoms with Crippen molar-refractivity contribution in [3.8, 4) is 11.8 Å². The van der Waals surface area contributed by atoms with E-state index in [2.05, 4.69) is 10.6 Å². The average molecular weight is 273 g/mol. The van der Waals surface area contributed by atoms with Gasteiger partial charge in [0, 0.05) is 6.04 Å². The number of amides is 2. The van der Waals surface area contributed by atoms with Gasteiger partial charge in [-0.1, -0.05) is 0 Å². The Kier molecular flexibility index (Phi) is 4.56. The lowest BCUT2D eigenvalue weighted by atomic mass is 10.2. The molecule has 1 aliphatic carbocycles. The second-order valence-corrected chi connectivity index (χ2v) is 4.54. The molecular weight excluding hydrogens is 258 g/mol. The molecule has 0 atom stereocenters. The van der Waals surface area contributed by atoms with Gasteiger partial charge in [-0.2, -0.15) is 5.26 Å². The van der Waals surface area contributed by atoms with Crippen molar-refractivity contribution in [1.82, 2.24) is 10.6 Å². The second kappa shape index (κ2) is 6.57. The van der Waals surface area contributed by atoms with E-state index in [0.29, 0.717) is 11.3 Å². The van der Waals surface area contributed by atoms with Gasteiger partial charge >= 0.3 is 0 Å². The van der Waals surface area contributed by atoms with Crippen molar-refractivity contribution in [2.45, 2.75) is 18.9 Å². The van der Waals surface area contributed by atoms with Crippen molar-refractivity contribution < 1.29 is 14.3 Å². The van der Waals surface area contributed by atoms with Crippen molar-refractivity contribution in [1.29, 1.82) is 5.26 Å². The van der Waals surface area contributed by atoms with Crippen molar-refractivity contribution in [3.63, 3.8) is 0 Å². The van der Waals surface area contributed by atoms with Gasteiger partial charge in [0.15, 0.2) is 6.61 Å². The summed E-state index contributed by atoms with van der Waals surface area (Å²) in [5.74, 6) is -0.0406.